The Bertz CT molecular complexity index is 801. The number of nitrogens with zero attached hydrogens (tertiary/aromatic N) is 3. The van der Waals surface area contributed by atoms with Gasteiger partial charge in [-0.05, 0) is 39.2 Å². The fraction of sp³-hybridized carbons (Fsp3) is 0.556. The first-order valence-electron chi connectivity index (χ1n) is 8.74. The van der Waals surface area contributed by atoms with Crippen LogP contribution in [0.5, 0.6) is 0 Å². The standard InChI is InChI=1S/C18H24N4O3/c1-5-22(9-14-20-17(25-21-14)13-7-6-8-13)18(24)15-10(2)16(12(4)23)19-11(15)3/h13,19H,5-9H2,1-4H3. The number of aromatic amines is 1. The minimum Gasteiger partial charge on any atom is -0.355 e. The minimum absolute atomic E-state index is 0.0778. The summed E-state index contributed by atoms with van der Waals surface area (Å²) in [6.07, 6.45) is 3.38. The summed E-state index contributed by atoms with van der Waals surface area (Å²) >= 11 is 0. The number of H-pyrrole nitrogens is 1. The van der Waals surface area contributed by atoms with E-state index in [-0.39, 0.29) is 11.7 Å². The maximum absolute atomic E-state index is 13.0. The third-order valence-corrected chi connectivity index (χ3v) is 4.94. The van der Waals surface area contributed by atoms with E-state index in [0.29, 0.717) is 53.2 Å². The molecule has 0 saturated heterocycles. The number of carbonyl (C=O) groups is 2. The predicted octanol–water partition coefficient (Wildman–Crippen LogP) is 3.15. The van der Waals surface area contributed by atoms with Gasteiger partial charge in [-0.3, -0.25) is 9.59 Å². The number of hydrogen-bond donors (Lipinski definition) is 1. The molecule has 1 saturated carbocycles. The number of aromatic nitrogens is 3. The lowest BCUT2D eigenvalue weighted by Crippen LogP contribution is -2.31. The Kier molecular flexibility index (Phi) is 4.74. The molecule has 0 spiro atoms. The van der Waals surface area contributed by atoms with Crippen molar-refractivity contribution in [3.8, 4) is 0 Å². The average Bonchev–Trinajstić information content (AvgIpc) is 3.07. The van der Waals surface area contributed by atoms with Gasteiger partial charge in [0.05, 0.1) is 17.8 Å². The summed E-state index contributed by atoms with van der Waals surface area (Å²) in [5.74, 6) is 1.37. The second kappa shape index (κ2) is 6.82. The Morgan fingerprint density at radius 1 is 1.32 bits per heavy atom. The molecular weight excluding hydrogens is 320 g/mol. The Labute approximate surface area is 146 Å². The summed E-state index contributed by atoms with van der Waals surface area (Å²) in [6, 6.07) is 0. The van der Waals surface area contributed by atoms with Crippen LogP contribution in [0.4, 0.5) is 0 Å². The van der Waals surface area contributed by atoms with E-state index in [4.69, 9.17) is 4.52 Å². The maximum Gasteiger partial charge on any atom is 0.256 e. The van der Waals surface area contributed by atoms with Gasteiger partial charge < -0.3 is 14.4 Å². The number of nitrogens with one attached hydrogen (secondary N) is 1. The van der Waals surface area contributed by atoms with Gasteiger partial charge in [0.2, 0.25) is 5.89 Å². The molecule has 2 aromatic rings. The summed E-state index contributed by atoms with van der Waals surface area (Å²) in [7, 11) is 0. The molecule has 1 aliphatic rings. The zero-order valence-electron chi connectivity index (χ0n) is 15.2. The van der Waals surface area contributed by atoms with Gasteiger partial charge in [-0.25, -0.2) is 0 Å². The van der Waals surface area contributed by atoms with Crippen molar-refractivity contribution < 1.29 is 14.1 Å². The van der Waals surface area contributed by atoms with Crippen molar-refractivity contribution in [1.82, 2.24) is 20.0 Å². The molecule has 3 rings (SSSR count). The van der Waals surface area contributed by atoms with Gasteiger partial charge in [-0.1, -0.05) is 11.6 Å². The van der Waals surface area contributed by atoms with E-state index in [0.717, 1.165) is 12.8 Å². The van der Waals surface area contributed by atoms with Crippen LogP contribution in [0.1, 0.15) is 82.8 Å². The van der Waals surface area contributed by atoms with Gasteiger partial charge in [0.15, 0.2) is 11.6 Å². The summed E-state index contributed by atoms with van der Waals surface area (Å²) in [4.78, 5) is 33.8. The first kappa shape index (κ1) is 17.4. The predicted molar refractivity (Wildman–Crippen MR) is 91.6 cm³/mol. The molecule has 7 nitrogen and oxygen atoms in total. The van der Waals surface area contributed by atoms with Gasteiger partial charge in [0.25, 0.3) is 5.91 Å². The van der Waals surface area contributed by atoms with Gasteiger partial charge in [0, 0.05) is 25.1 Å². The molecule has 1 aliphatic carbocycles. The van der Waals surface area contributed by atoms with Crippen LogP contribution in [-0.2, 0) is 6.54 Å². The quantitative estimate of drug-likeness (QED) is 0.813. The lowest BCUT2D eigenvalue weighted by atomic mass is 9.85. The normalized spacial score (nSPS) is 14.4. The monoisotopic (exact) mass is 344 g/mol. The summed E-state index contributed by atoms with van der Waals surface area (Å²) in [6.45, 7) is 7.82. The highest BCUT2D eigenvalue weighted by molar-refractivity contribution is 6.02. The molecule has 0 radical (unpaired) electrons. The van der Waals surface area contributed by atoms with Crippen molar-refractivity contribution in [2.45, 2.75) is 59.4 Å². The Morgan fingerprint density at radius 3 is 2.56 bits per heavy atom. The maximum atomic E-state index is 13.0. The number of carbonyl (C=O) groups excluding carboxylic acids is 2. The third kappa shape index (κ3) is 3.23. The van der Waals surface area contributed by atoms with E-state index < -0.39 is 0 Å². The van der Waals surface area contributed by atoms with E-state index in [2.05, 4.69) is 15.1 Å². The van der Waals surface area contributed by atoms with Crippen molar-refractivity contribution >= 4 is 11.7 Å². The zero-order valence-corrected chi connectivity index (χ0v) is 15.2. The summed E-state index contributed by atoms with van der Waals surface area (Å²) in [5, 5.41) is 4.02. The zero-order chi connectivity index (χ0) is 18.1. The number of Topliss-reactive ketones (excluding diaryl/α,β-unsaturated/α-hetero) is 1. The van der Waals surface area contributed by atoms with Gasteiger partial charge in [0.1, 0.15) is 0 Å². The number of hydrogen-bond acceptors (Lipinski definition) is 5. The van der Waals surface area contributed by atoms with Crippen LogP contribution >= 0.6 is 0 Å². The molecule has 134 valence electrons. The lowest BCUT2D eigenvalue weighted by molar-refractivity contribution is 0.0746. The van der Waals surface area contributed by atoms with Gasteiger partial charge in [-0.15, -0.1) is 0 Å². The van der Waals surface area contributed by atoms with Crippen LogP contribution in [-0.4, -0.2) is 38.3 Å². The average molecular weight is 344 g/mol. The van der Waals surface area contributed by atoms with Crippen molar-refractivity contribution in [2.24, 2.45) is 0 Å². The summed E-state index contributed by atoms with van der Waals surface area (Å²) < 4.78 is 5.33. The minimum atomic E-state index is -0.128. The van der Waals surface area contributed by atoms with Crippen LogP contribution in [0.2, 0.25) is 0 Å². The molecule has 1 N–H and O–H groups in total. The Morgan fingerprint density at radius 2 is 2.04 bits per heavy atom. The molecule has 0 aromatic carbocycles. The van der Waals surface area contributed by atoms with Crippen LogP contribution in [0.25, 0.3) is 0 Å². The second-order valence-corrected chi connectivity index (χ2v) is 6.68. The summed E-state index contributed by atoms with van der Waals surface area (Å²) in [5.41, 5.74) is 2.43. The van der Waals surface area contributed by atoms with Gasteiger partial charge in [-0.2, -0.15) is 4.98 Å². The topological polar surface area (TPSA) is 92.1 Å². The van der Waals surface area contributed by atoms with Crippen LogP contribution in [0.15, 0.2) is 4.52 Å². The van der Waals surface area contributed by atoms with Crippen molar-refractivity contribution in [2.75, 3.05) is 6.54 Å². The van der Waals surface area contributed by atoms with E-state index in [1.165, 1.54) is 13.3 Å². The van der Waals surface area contributed by atoms with Crippen molar-refractivity contribution in [3.05, 3.63) is 34.2 Å². The molecular formula is C18H24N4O3. The molecule has 0 atom stereocenters. The highest BCUT2D eigenvalue weighted by atomic mass is 16.5. The first-order chi connectivity index (χ1) is 11.9. The molecule has 1 amide bonds. The van der Waals surface area contributed by atoms with Gasteiger partial charge >= 0.3 is 0 Å². The van der Waals surface area contributed by atoms with Crippen LogP contribution in [0, 0.1) is 13.8 Å². The molecule has 1 fully saturated rings. The molecule has 0 bridgehead atoms. The SMILES string of the molecule is CCN(Cc1noc(C2CCC2)n1)C(=O)c1c(C)[nH]c(C(C)=O)c1C. The number of ketones is 1. The van der Waals surface area contributed by atoms with Crippen LogP contribution in [0.3, 0.4) is 0 Å². The fourth-order valence-corrected chi connectivity index (χ4v) is 3.23. The molecule has 25 heavy (non-hydrogen) atoms. The highest BCUT2D eigenvalue weighted by Gasteiger charge is 2.27. The fourth-order valence-electron chi connectivity index (χ4n) is 3.23. The third-order valence-electron chi connectivity index (χ3n) is 4.94. The van der Waals surface area contributed by atoms with E-state index in [1.807, 2.05) is 13.8 Å². The number of rotatable bonds is 6. The lowest BCUT2D eigenvalue weighted by Gasteiger charge is -2.21. The molecule has 0 aliphatic heterocycles. The molecule has 2 aromatic heterocycles. The second-order valence-electron chi connectivity index (χ2n) is 6.68. The Hall–Kier alpha value is -2.44. The molecule has 7 heteroatoms. The Balaban J connectivity index is 1.79. The largest absolute Gasteiger partial charge is 0.355 e. The highest BCUT2D eigenvalue weighted by Crippen LogP contribution is 2.35. The van der Waals surface area contributed by atoms with E-state index in [1.54, 1.807) is 11.8 Å². The number of aryl methyl sites for hydroxylation is 1. The van der Waals surface area contributed by atoms with Crippen molar-refractivity contribution in [3.63, 3.8) is 0 Å². The molecule has 0 unspecified atom stereocenters. The van der Waals surface area contributed by atoms with E-state index in [9.17, 15) is 9.59 Å². The number of amides is 1. The first-order valence-corrected chi connectivity index (χ1v) is 8.74. The van der Waals surface area contributed by atoms with Crippen LogP contribution < -0.4 is 0 Å². The van der Waals surface area contributed by atoms with E-state index >= 15 is 0 Å². The molecule has 2 heterocycles. The van der Waals surface area contributed by atoms with Crippen molar-refractivity contribution in [1.29, 1.82) is 0 Å². The smallest absolute Gasteiger partial charge is 0.256 e.